The maximum absolute atomic E-state index is 5.89. The molecule has 1 aromatic rings. The van der Waals surface area contributed by atoms with Crippen LogP contribution in [0.1, 0.15) is 25.0 Å². The number of aromatic nitrogens is 1. The summed E-state index contributed by atoms with van der Waals surface area (Å²) in [6.07, 6.45) is 5.28. The van der Waals surface area contributed by atoms with Gasteiger partial charge in [0.25, 0.3) is 0 Å². The standard InChI is InChI=1S/C11H16N2O/c1-9(10-3-2-5-12-7-10)14-11-4-6-13-8-11/h2-3,5,7,9,11,13H,4,6,8H2,1H3/t9-,11-/m1/s1. The van der Waals surface area contributed by atoms with Gasteiger partial charge in [0.05, 0.1) is 12.2 Å². The van der Waals surface area contributed by atoms with E-state index < -0.39 is 0 Å². The highest BCUT2D eigenvalue weighted by atomic mass is 16.5. The van der Waals surface area contributed by atoms with Crippen LogP contribution in [0.25, 0.3) is 0 Å². The van der Waals surface area contributed by atoms with Crippen LogP contribution in [0.15, 0.2) is 24.5 Å². The van der Waals surface area contributed by atoms with E-state index in [9.17, 15) is 0 Å². The van der Waals surface area contributed by atoms with Crippen molar-refractivity contribution in [1.82, 2.24) is 10.3 Å². The van der Waals surface area contributed by atoms with Gasteiger partial charge in [-0.15, -0.1) is 0 Å². The number of rotatable bonds is 3. The molecule has 0 spiro atoms. The Morgan fingerprint density at radius 2 is 2.57 bits per heavy atom. The zero-order chi connectivity index (χ0) is 9.80. The van der Waals surface area contributed by atoms with E-state index in [1.165, 1.54) is 0 Å². The van der Waals surface area contributed by atoms with E-state index in [0.29, 0.717) is 6.10 Å². The fraction of sp³-hybridized carbons (Fsp3) is 0.545. The van der Waals surface area contributed by atoms with Gasteiger partial charge in [-0.3, -0.25) is 4.98 Å². The summed E-state index contributed by atoms with van der Waals surface area (Å²) in [5.74, 6) is 0. The van der Waals surface area contributed by atoms with Crippen LogP contribution in [-0.2, 0) is 4.74 Å². The molecule has 0 amide bonds. The topological polar surface area (TPSA) is 34.1 Å². The highest BCUT2D eigenvalue weighted by Gasteiger charge is 2.18. The zero-order valence-corrected chi connectivity index (χ0v) is 8.44. The van der Waals surface area contributed by atoms with Crippen LogP contribution in [0, 0.1) is 0 Å². The first-order valence-electron chi connectivity index (χ1n) is 5.12. The van der Waals surface area contributed by atoms with E-state index in [1.807, 2.05) is 12.3 Å². The molecule has 1 aliphatic heterocycles. The third kappa shape index (κ3) is 2.30. The number of pyridine rings is 1. The lowest BCUT2D eigenvalue weighted by molar-refractivity contribution is 0.00812. The molecule has 0 bridgehead atoms. The van der Waals surface area contributed by atoms with Crippen LogP contribution in [0.4, 0.5) is 0 Å². The summed E-state index contributed by atoms with van der Waals surface area (Å²) in [6.45, 7) is 4.13. The minimum atomic E-state index is 0.147. The van der Waals surface area contributed by atoms with Crippen LogP contribution >= 0.6 is 0 Å². The molecule has 1 N–H and O–H groups in total. The van der Waals surface area contributed by atoms with E-state index in [4.69, 9.17) is 4.74 Å². The third-order valence-electron chi connectivity index (χ3n) is 2.57. The highest BCUT2D eigenvalue weighted by Crippen LogP contribution is 2.19. The van der Waals surface area contributed by atoms with Gasteiger partial charge < -0.3 is 10.1 Å². The van der Waals surface area contributed by atoms with Crippen molar-refractivity contribution in [2.24, 2.45) is 0 Å². The first-order chi connectivity index (χ1) is 6.86. The molecule has 1 fully saturated rings. The van der Waals surface area contributed by atoms with Crippen molar-refractivity contribution in [3.63, 3.8) is 0 Å². The monoisotopic (exact) mass is 192 g/mol. The van der Waals surface area contributed by atoms with E-state index in [0.717, 1.165) is 25.1 Å². The molecule has 2 rings (SSSR count). The van der Waals surface area contributed by atoms with E-state index in [2.05, 4.69) is 23.3 Å². The first kappa shape index (κ1) is 9.62. The number of hydrogen-bond donors (Lipinski definition) is 1. The lowest BCUT2D eigenvalue weighted by Crippen LogP contribution is -2.18. The summed E-state index contributed by atoms with van der Waals surface area (Å²) in [5, 5.41) is 3.29. The maximum Gasteiger partial charge on any atom is 0.0816 e. The minimum Gasteiger partial charge on any atom is -0.369 e. The Morgan fingerprint density at radius 1 is 1.64 bits per heavy atom. The summed E-state index contributed by atoms with van der Waals surface area (Å²) >= 11 is 0. The molecule has 3 nitrogen and oxygen atoms in total. The summed E-state index contributed by atoms with van der Waals surface area (Å²) < 4.78 is 5.89. The predicted octanol–water partition coefficient (Wildman–Crippen LogP) is 1.52. The second kappa shape index (κ2) is 4.53. The number of hydrogen-bond acceptors (Lipinski definition) is 3. The smallest absolute Gasteiger partial charge is 0.0816 e. The number of nitrogens with zero attached hydrogens (tertiary/aromatic N) is 1. The van der Waals surface area contributed by atoms with Crippen LogP contribution in [0.3, 0.4) is 0 Å². The van der Waals surface area contributed by atoms with Gasteiger partial charge in [0.15, 0.2) is 0 Å². The van der Waals surface area contributed by atoms with Gasteiger partial charge in [-0.2, -0.15) is 0 Å². The van der Waals surface area contributed by atoms with Crippen molar-refractivity contribution >= 4 is 0 Å². The zero-order valence-electron chi connectivity index (χ0n) is 8.44. The van der Waals surface area contributed by atoms with Crippen molar-refractivity contribution < 1.29 is 4.74 Å². The minimum absolute atomic E-state index is 0.147. The van der Waals surface area contributed by atoms with Gasteiger partial charge in [0, 0.05) is 18.9 Å². The summed E-state index contributed by atoms with van der Waals surface area (Å²) in [4.78, 5) is 4.08. The molecule has 3 heteroatoms. The molecule has 0 saturated carbocycles. The van der Waals surface area contributed by atoms with Gasteiger partial charge in [-0.1, -0.05) is 6.07 Å². The maximum atomic E-state index is 5.89. The molecule has 2 heterocycles. The van der Waals surface area contributed by atoms with Crippen molar-refractivity contribution in [1.29, 1.82) is 0 Å². The van der Waals surface area contributed by atoms with Gasteiger partial charge >= 0.3 is 0 Å². The second-order valence-corrected chi connectivity index (χ2v) is 3.68. The fourth-order valence-electron chi connectivity index (χ4n) is 1.73. The Kier molecular flexibility index (Phi) is 3.11. The van der Waals surface area contributed by atoms with Crippen LogP contribution in [-0.4, -0.2) is 24.2 Å². The molecular formula is C11H16N2O. The molecule has 0 aliphatic carbocycles. The van der Waals surface area contributed by atoms with Crippen molar-refractivity contribution in [3.8, 4) is 0 Å². The molecule has 0 aromatic carbocycles. The average molecular weight is 192 g/mol. The van der Waals surface area contributed by atoms with E-state index >= 15 is 0 Å². The fourth-order valence-corrected chi connectivity index (χ4v) is 1.73. The summed E-state index contributed by atoms with van der Waals surface area (Å²) in [7, 11) is 0. The number of ether oxygens (including phenoxy) is 1. The Labute approximate surface area is 84.5 Å². The molecule has 1 aromatic heterocycles. The Bertz CT molecular complexity index is 270. The average Bonchev–Trinajstić information content (AvgIpc) is 2.72. The SMILES string of the molecule is C[C@@H](O[C@@H]1CCNC1)c1cccnc1. The van der Waals surface area contributed by atoms with Crippen molar-refractivity contribution in [2.45, 2.75) is 25.6 Å². The largest absolute Gasteiger partial charge is 0.369 e. The molecule has 14 heavy (non-hydrogen) atoms. The first-order valence-corrected chi connectivity index (χ1v) is 5.12. The van der Waals surface area contributed by atoms with Crippen molar-refractivity contribution in [3.05, 3.63) is 30.1 Å². The van der Waals surface area contributed by atoms with Crippen molar-refractivity contribution in [2.75, 3.05) is 13.1 Å². The summed E-state index contributed by atoms with van der Waals surface area (Å²) in [5.41, 5.74) is 1.15. The lowest BCUT2D eigenvalue weighted by atomic mass is 10.2. The van der Waals surface area contributed by atoms with Gasteiger partial charge in [0.2, 0.25) is 0 Å². The Balaban J connectivity index is 1.92. The quantitative estimate of drug-likeness (QED) is 0.788. The molecule has 1 saturated heterocycles. The predicted molar refractivity (Wildman–Crippen MR) is 55.0 cm³/mol. The highest BCUT2D eigenvalue weighted by molar-refractivity contribution is 5.11. The molecule has 0 radical (unpaired) electrons. The van der Waals surface area contributed by atoms with Crippen LogP contribution in [0.5, 0.6) is 0 Å². The van der Waals surface area contributed by atoms with E-state index in [1.54, 1.807) is 6.20 Å². The molecule has 76 valence electrons. The third-order valence-corrected chi connectivity index (χ3v) is 2.57. The molecule has 0 unspecified atom stereocenters. The summed E-state index contributed by atoms with van der Waals surface area (Å²) in [6, 6.07) is 4.00. The van der Waals surface area contributed by atoms with E-state index in [-0.39, 0.29) is 6.10 Å². The molecule has 1 aliphatic rings. The molecule has 2 atom stereocenters. The van der Waals surface area contributed by atoms with Gasteiger partial charge in [-0.05, 0) is 31.5 Å². The number of nitrogens with one attached hydrogen (secondary N) is 1. The van der Waals surface area contributed by atoms with Gasteiger partial charge in [-0.25, -0.2) is 0 Å². The van der Waals surface area contributed by atoms with Crippen LogP contribution in [0.2, 0.25) is 0 Å². The molecular weight excluding hydrogens is 176 g/mol. The van der Waals surface area contributed by atoms with Gasteiger partial charge in [0.1, 0.15) is 0 Å². The lowest BCUT2D eigenvalue weighted by Gasteiger charge is -2.17. The second-order valence-electron chi connectivity index (χ2n) is 3.68. The Hall–Kier alpha value is -0.930. The Morgan fingerprint density at radius 3 is 3.21 bits per heavy atom. The van der Waals surface area contributed by atoms with Crippen LogP contribution < -0.4 is 5.32 Å². The normalized spacial score (nSPS) is 23.6.